The predicted octanol–water partition coefficient (Wildman–Crippen LogP) is 0.799. The normalized spacial score (nSPS) is 22.8. The lowest BCUT2D eigenvalue weighted by Crippen LogP contribution is -2.49. The summed E-state index contributed by atoms with van der Waals surface area (Å²) < 4.78 is 5.61. The number of oxazole rings is 1. The molecule has 2 atom stereocenters. The molecule has 118 valence electrons. The Labute approximate surface area is 129 Å². The van der Waals surface area contributed by atoms with Gasteiger partial charge in [0, 0.05) is 26.1 Å². The third-order valence-corrected chi connectivity index (χ3v) is 4.09. The molecule has 2 aromatic rings. The van der Waals surface area contributed by atoms with Gasteiger partial charge in [-0.15, -0.1) is 0 Å². The van der Waals surface area contributed by atoms with E-state index in [-0.39, 0.29) is 11.8 Å². The zero-order chi connectivity index (χ0) is 15.5. The molecule has 6 nitrogen and oxygen atoms in total. The van der Waals surface area contributed by atoms with Crippen molar-refractivity contribution in [1.29, 1.82) is 0 Å². The second-order valence-electron chi connectivity index (χ2n) is 5.84. The standard InChI is InChI=1S/C16H21N3O3/c1-19-9-7-13(20)11(10-19)16(21)17-8-6-15-18-12-4-2-3-5-14(12)22-15/h2-5,11,13,20H,6-10H2,1H3,(H,17,21)/t11-,13+/m1/s1. The molecule has 0 bridgehead atoms. The van der Waals surface area contributed by atoms with Crippen LogP contribution >= 0.6 is 0 Å². The van der Waals surface area contributed by atoms with Crippen LogP contribution in [0, 0.1) is 5.92 Å². The van der Waals surface area contributed by atoms with E-state index in [4.69, 9.17) is 4.42 Å². The number of hydrogen-bond acceptors (Lipinski definition) is 5. The highest BCUT2D eigenvalue weighted by Gasteiger charge is 2.31. The monoisotopic (exact) mass is 303 g/mol. The molecule has 3 rings (SSSR count). The first-order valence-corrected chi connectivity index (χ1v) is 7.62. The summed E-state index contributed by atoms with van der Waals surface area (Å²) >= 11 is 0. The van der Waals surface area contributed by atoms with Gasteiger partial charge in [0.2, 0.25) is 5.91 Å². The Morgan fingerprint density at radius 3 is 3.14 bits per heavy atom. The minimum atomic E-state index is -0.555. The minimum Gasteiger partial charge on any atom is -0.441 e. The second-order valence-corrected chi connectivity index (χ2v) is 5.84. The van der Waals surface area contributed by atoms with Crippen molar-refractivity contribution in [1.82, 2.24) is 15.2 Å². The molecule has 1 aromatic heterocycles. The second kappa shape index (κ2) is 6.46. The first-order valence-electron chi connectivity index (χ1n) is 7.62. The van der Waals surface area contributed by atoms with Gasteiger partial charge in [-0.3, -0.25) is 4.79 Å². The van der Waals surface area contributed by atoms with E-state index >= 15 is 0 Å². The van der Waals surface area contributed by atoms with Crippen LogP contribution in [0.1, 0.15) is 12.3 Å². The van der Waals surface area contributed by atoms with Crippen molar-refractivity contribution in [3.63, 3.8) is 0 Å². The number of aromatic nitrogens is 1. The lowest BCUT2D eigenvalue weighted by atomic mass is 9.94. The fourth-order valence-corrected chi connectivity index (χ4v) is 2.81. The number of para-hydroxylation sites is 2. The summed E-state index contributed by atoms with van der Waals surface area (Å²) in [7, 11) is 1.96. The van der Waals surface area contributed by atoms with Gasteiger partial charge in [0.25, 0.3) is 0 Å². The Morgan fingerprint density at radius 1 is 1.50 bits per heavy atom. The quantitative estimate of drug-likeness (QED) is 0.873. The minimum absolute atomic E-state index is 0.102. The van der Waals surface area contributed by atoms with Crippen LogP contribution in [0.5, 0.6) is 0 Å². The first-order chi connectivity index (χ1) is 10.6. The molecule has 2 heterocycles. The summed E-state index contributed by atoms with van der Waals surface area (Å²) in [6.07, 6.45) is 0.624. The maximum atomic E-state index is 12.2. The highest BCUT2D eigenvalue weighted by molar-refractivity contribution is 5.79. The Bertz CT molecular complexity index is 622. The molecule has 1 aliphatic heterocycles. The van der Waals surface area contributed by atoms with E-state index in [0.29, 0.717) is 31.8 Å². The topological polar surface area (TPSA) is 78.6 Å². The van der Waals surface area contributed by atoms with Gasteiger partial charge in [-0.1, -0.05) is 12.1 Å². The molecule has 6 heteroatoms. The Balaban J connectivity index is 1.52. The van der Waals surface area contributed by atoms with Gasteiger partial charge in [-0.05, 0) is 25.6 Å². The van der Waals surface area contributed by atoms with E-state index in [2.05, 4.69) is 15.2 Å². The third kappa shape index (κ3) is 3.28. The van der Waals surface area contributed by atoms with Gasteiger partial charge in [-0.2, -0.15) is 0 Å². The number of nitrogens with one attached hydrogen (secondary N) is 1. The average molecular weight is 303 g/mol. The summed E-state index contributed by atoms with van der Waals surface area (Å²) in [5, 5.41) is 12.8. The van der Waals surface area contributed by atoms with Crippen LogP contribution < -0.4 is 5.32 Å². The molecule has 1 aliphatic rings. The summed E-state index contributed by atoms with van der Waals surface area (Å²) in [6, 6.07) is 7.59. The van der Waals surface area contributed by atoms with E-state index in [9.17, 15) is 9.90 Å². The zero-order valence-corrected chi connectivity index (χ0v) is 12.7. The smallest absolute Gasteiger partial charge is 0.227 e. The molecule has 1 fully saturated rings. The van der Waals surface area contributed by atoms with Crippen LogP contribution in [-0.4, -0.2) is 53.7 Å². The molecule has 22 heavy (non-hydrogen) atoms. The number of aliphatic hydroxyl groups is 1. The number of benzene rings is 1. The van der Waals surface area contributed by atoms with Crippen LogP contribution in [-0.2, 0) is 11.2 Å². The van der Waals surface area contributed by atoms with Crippen molar-refractivity contribution >= 4 is 17.0 Å². The van der Waals surface area contributed by atoms with Crippen molar-refractivity contribution in [3.8, 4) is 0 Å². The SMILES string of the molecule is CN1CC[C@H](O)[C@H](C(=O)NCCc2nc3ccccc3o2)C1. The number of fused-ring (bicyclic) bond motifs is 1. The highest BCUT2D eigenvalue weighted by atomic mass is 16.3. The van der Waals surface area contributed by atoms with Crippen molar-refractivity contribution in [2.24, 2.45) is 5.92 Å². The fraction of sp³-hybridized carbons (Fsp3) is 0.500. The molecule has 0 saturated carbocycles. The van der Waals surface area contributed by atoms with Gasteiger partial charge in [0.15, 0.2) is 11.5 Å². The summed E-state index contributed by atoms with van der Waals surface area (Å²) in [4.78, 5) is 18.6. The molecule has 0 unspecified atom stereocenters. The molecule has 1 amide bonds. The number of nitrogens with zero attached hydrogens (tertiary/aromatic N) is 2. The van der Waals surface area contributed by atoms with E-state index in [0.717, 1.165) is 17.6 Å². The van der Waals surface area contributed by atoms with Crippen LogP contribution in [0.3, 0.4) is 0 Å². The molecular weight excluding hydrogens is 282 g/mol. The number of hydrogen-bond donors (Lipinski definition) is 2. The lowest BCUT2D eigenvalue weighted by molar-refractivity contribution is -0.131. The van der Waals surface area contributed by atoms with E-state index < -0.39 is 6.10 Å². The predicted molar refractivity (Wildman–Crippen MR) is 82.3 cm³/mol. The van der Waals surface area contributed by atoms with Crippen LogP contribution in [0.25, 0.3) is 11.1 Å². The number of rotatable bonds is 4. The number of carbonyl (C=O) groups is 1. The highest BCUT2D eigenvalue weighted by Crippen LogP contribution is 2.17. The fourth-order valence-electron chi connectivity index (χ4n) is 2.81. The Kier molecular flexibility index (Phi) is 4.40. The lowest BCUT2D eigenvalue weighted by Gasteiger charge is -2.32. The number of aliphatic hydroxyl groups excluding tert-OH is 1. The number of piperidine rings is 1. The molecule has 1 saturated heterocycles. The van der Waals surface area contributed by atoms with Crippen LogP contribution in [0.15, 0.2) is 28.7 Å². The van der Waals surface area contributed by atoms with Crippen molar-refractivity contribution in [2.75, 3.05) is 26.7 Å². The molecule has 0 spiro atoms. The van der Waals surface area contributed by atoms with E-state index in [1.165, 1.54) is 0 Å². The summed E-state index contributed by atoms with van der Waals surface area (Å²) in [5.41, 5.74) is 1.58. The van der Waals surface area contributed by atoms with Gasteiger partial charge in [0.05, 0.1) is 12.0 Å². The number of likely N-dealkylation sites (tertiary alicyclic amines) is 1. The summed E-state index contributed by atoms with van der Waals surface area (Å²) in [5.74, 6) is 0.153. The van der Waals surface area contributed by atoms with E-state index in [1.807, 2.05) is 31.3 Å². The van der Waals surface area contributed by atoms with Crippen LogP contribution in [0.2, 0.25) is 0 Å². The van der Waals surface area contributed by atoms with Crippen molar-refractivity contribution < 1.29 is 14.3 Å². The van der Waals surface area contributed by atoms with Gasteiger partial charge >= 0.3 is 0 Å². The van der Waals surface area contributed by atoms with Gasteiger partial charge in [-0.25, -0.2) is 4.98 Å². The van der Waals surface area contributed by atoms with Crippen LogP contribution in [0.4, 0.5) is 0 Å². The molecule has 1 aromatic carbocycles. The number of amides is 1. The molecular formula is C16H21N3O3. The van der Waals surface area contributed by atoms with E-state index in [1.54, 1.807) is 0 Å². The van der Waals surface area contributed by atoms with Crippen molar-refractivity contribution in [3.05, 3.63) is 30.2 Å². The molecule has 2 N–H and O–H groups in total. The van der Waals surface area contributed by atoms with Gasteiger partial charge < -0.3 is 19.7 Å². The number of carbonyl (C=O) groups excluding carboxylic acids is 1. The zero-order valence-electron chi connectivity index (χ0n) is 12.7. The first kappa shape index (κ1) is 15.0. The van der Waals surface area contributed by atoms with Crippen molar-refractivity contribution in [2.45, 2.75) is 18.9 Å². The largest absolute Gasteiger partial charge is 0.441 e. The average Bonchev–Trinajstić information content (AvgIpc) is 2.92. The maximum Gasteiger partial charge on any atom is 0.227 e. The molecule has 0 radical (unpaired) electrons. The Hall–Kier alpha value is -1.92. The third-order valence-electron chi connectivity index (χ3n) is 4.09. The Morgan fingerprint density at radius 2 is 2.32 bits per heavy atom. The molecule has 0 aliphatic carbocycles. The summed E-state index contributed by atoms with van der Waals surface area (Å²) in [6.45, 7) is 1.88. The maximum absolute atomic E-state index is 12.2. The van der Waals surface area contributed by atoms with Gasteiger partial charge in [0.1, 0.15) is 5.52 Å².